The number of nitro groups is 1. The summed E-state index contributed by atoms with van der Waals surface area (Å²) in [6.07, 6.45) is 1.18. The number of benzene rings is 1. The van der Waals surface area contributed by atoms with Crippen molar-refractivity contribution in [2.75, 3.05) is 13.6 Å². The molecule has 0 unspecified atom stereocenters. The van der Waals surface area contributed by atoms with Gasteiger partial charge in [-0.2, -0.15) is 0 Å². The van der Waals surface area contributed by atoms with Gasteiger partial charge in [0.1, 0.15) is 0 Å². The predicted octanol–water partition coefficient (Wildman–Crippen LogP) is 1.75. The number of nitrogens with zero attached hydrogens (tertiary/aromatic N) is 2. The molecule has 1 N–H and O–H groups in total. The Morgan fingerprint density at radius 3 is 2.65 bits per heavy atom. The van der Waals surface area contributed by atoms with E-state index in [9.17, 15) is 20.0 Å². The first-order valence-electron chi connectivity index (χ1n) is 6.56. The van der Waals surface area contributed by atoms with Crippen LogP contribution in [-0.4, -0.2) is 40.5 Å². The second kappa shape index (κ2) is 5.58. The summed E-state index contributed by atoms with van der Waals surface area (Å²) in [6, 6.07) is 4.40. The lowest BCUT2D eigenvalue weighted by Gasteiger charge is -2.34. The molecular formula is C14H18N2O4. The number of carbonyl (C=O) groups is 1. The highest BCUT2D eigenvalue weighted by atomic mass is 16.6. The maximum atomic E-state index is 12.3. The van der Waals surface area contributed by atoms with E-state index >= 15 is 0 Å². The number of hydrogen-bond donors (Lipinski definition) is 1. The predicted molar refractivity (Wildman–Crippen MR) is 73.5 cm³/mol. The number of aliphatic hydroxyl groups excluding tert-OH is 1. The normalized spacial score (nSPS) is 21.1. The Bertz CT molecular complexity index is 538. The maximum Gasteiger partial charge on any atom is 0.270 e. The first kappa shape index (κ1) is 14.5. The van der Waals surface area contributed by atoms with Crippen LogP contribution in [0.2, 0.25) is 0 Å². The van der Waals surface area contributed by atoms with Crippen LogP contribution in [-0.2, 0) is 0 Å². The number of carbonyl (C=O) groups excluding carboxylic acids is 1. The van der Waals surface area contributed by atoms with Gasteiger partial charge < -0.3 is 10.0 Å². The monoisotopic (exact) mass is 278 g/mol. The van der Waals surface area contributed by atoms with Crippen molar-refractivity contribution < 1.29 is 14.8 Å². The van der Waals surface area contributed by atoms with E-state index in [-0.39, 0.29) is 17.7 Å². The van der Waals surface area contributed by atoms with Crippen molar-refractivity contribution in [3.05, 3.63) is 39.4 Å². The number of amides is 1. The van der Waals surface area contributed by atoms with E-state index in [1.54, 1.807) is 24.9 Å². The van der Waals surface area contributed by atoms with Crippen LogP contribution < -0.4 is 0 Å². The van der Waals surface area contributed by atoms with Gasteiger partial charge in [-0.15, -0.1) is 0 Å². The molecule has 1 aromatic carbocycles. The van der Waals surface area contributed by atoms with Gasteiger partial charge in [-0.1, -0.05) is 0 Å². The largest absolute Gasteiger partial charge is 0.393 e. The quantitative estimate of drug-likeness (QED) is 0.671. The molecule has 0 atom stereocenters. The number of hydrogen-bond acceptors (Lipinski definition) is 4. The lowest BCUT2D eigenvalue weighted by Crippen LogP contribution is -2.39. The molecule has 0 heterocycles. The molecule has 1 saturated carbocycles. The van der Waals surface area contributed by atoms with E-state index in [2.05, 4.69) is 0 Å². The van der Waals surface area contributed by atoms with E-state index in [0.717, 1.165) is 0 Å². The highest BCUT2D eigenvalue weighted by molar-refractivity contribution is 5.94. The smallest absolute Gasteiger partial charge is 0.270 e. The van der Waals surface area contributed by atoms with E-state index < -0.39 is 4.92 Å². The van der Waals surface area contributed by atoms with Crippen molar-refractivity contribution in [1.82, 2.24) is 4.90 Å². The molecule has 6 heteroatoms. The van der Waals surface area contributed by atoms with Crippen LogP contribution in [0.4, 0.5) is 5.69 Å². The molecule has 0 aromatic heterocycles. The molecule has 1 fully saturated rings. The molecule has 0 spiro atoms. The Kier molecular flexibility index (Phi) is 4.04. The molecule has 0 saturated heterocycles. The van der Waals surface area contributed by atoms with Crippen LogP contribution in [0.15, 0.2) is 18.2 Å². The first-order chi connectivity index (χ1) is 9.36. The van der Waals surface area contributed by atoms with Gasteiger partial charge in [0, 0.05) is 31.3 Å². The van der Waals surface area contributed by atoms with E-state index in [1.807, 2.05) is 0 Å². The Morgan fingerprint density at radius 1 is 1.45 bits per heavy atom. The average molecular weight is 278 g/mol. The van der Waals surface area contributed by atoms with Gasteiger partial charge in [0.15, 0.2) is 0 Å². The van der Waals surface area contributed by atoms with Gasteiger partial charge in [0.05, 0.1) is 11.0 Å². The molecule has 6 nitrogen and oxygen atoms in total. The fourth-order valence-electron chi connectivity index (χ4n) is 2.53. The molecular weight excluding hydrogens is 260 g/mol. The minimum Gasteiger partial charge on any atom is -0.393 e. The van der Waals surface area contributed by atoms with E-state index in [4.69, 9.17) is 0 Å². The number of non-ortho nitro benzene ring substituents is 1. The summed E-state index contributed by atoms with van der Waals surface area (Å²) in [5.74, 6) is 0.0944. The maximum absolute atomic E-state index is 12.3. The summed E-state index contributed by atoms with van der Waals surface area (Å²) in [5, 5.41) is 20.1. The Morgan fingerprint density at radius 2 is 2.10 bits per heavy atom. The topological polar surface area (TPSA) is 83.7 Å². The van der Waals surface area contributed by atoms with Gasteiger partial charge >= 0.3 is 0 Å². The summed E-state index contributed by atoms with van der Waals surface area (Å²) in [4.78, 5) is 24.2. The molecule has 0 radical (unpaired) electrons. The van der Waals surface area contributed by atoms with Crippen LogP contribution in [0.1, 0.15) is 28.8 Å². The molecule has 0 bridgehead atoms. The number of aliphatic hydroxyl groups is 1. The van der Waals surface area contributed by atoms with Gasteiger partial charge in [-0.25, -0.2) is 0 Å². The van der Waals surface area contributed by atoms with E-state index in [0.29, 0.717) is 36.4 Å². The van der Waals surface area contributed by atoms with Crippen LogP contribution in [0.5, 0.6) is 0 Å². The van der Waals surface area contributed by atoms with Crippen LogP contribution in [0, 0.1) is 23.0 Å². The molecule has 20 heavy (non-hydrogen) atoms. The second-order valence-corrected chi connectivity index (χ2v) is 5.49. The number of rotatable bonds is 4. The van der Waals surface area contributed by atoms with Gasteiger partial charge in [0.25, 0.3) is 11.6 Å². The van der Waals surface area contributed by atoms with Crippen molar-refractivity contribution in [2.24, 2.45) is 5.92 Å². The minimum absolute atomic E-state index is 0.0687. The highest BCUT2D eigenvalue weighted by Gasteiger charge is 2.29. The minimum atomic E-state index is -0.494. The van der Waals surface area contributed by atoms with Crippen LogP contribution in [0.3, 0.4) is 0 Å². The number of nitro benzene ring substituents is 1. The molecule has 1 aromatic rings. The van der Waals surface area contributed by atoms with Crippen LogP contribution in [0.25, 0.3) is 0 Å². The third-order valence-corrected chi connectivity index (χ3v) is 3.61. The number of aryl methyl sites for hydroxylation is 1. The second-order valence-electron chi connectivity index (χ2n) is 5.49. The third-order valence-electron chi connectivity index (χ3n) is 3.61. The summed E-state index contributed by atoms with van der Waals surface area (Å²) in [6.45, 7) is 2.30. The highest BCUT2D eigenvalue weighted by Crippen LogP contribution is 2.28. The first-order valence-corrected chi connectivity index (χ1v) is 6.56. The molecule has 1 aliphatic rings. The zero-order valence-corrected chi connectivity index (χ0v) is 11.6. The SMILES string of the molecule is Cc1cc(C(=O)N(C)CC2CC(O)C2)cc([N+](=O)[O-])c1. The third kappa shape index (κ3) is 3.14. The van der Waals surface area contributed by atoms with E-state index in [1.165, 1.54) is 12.1 Å². The molecule has 1 amide bonds. The Balaban J connectivity index is 2.09. The summed E-state index contributed by atoms with van der Waals surface area (Å²) in [5.41, 5.74) is 0.954. The van der Waals surface area contributed by atoms with Gasteiger partial charge in [-0.3, -0.25) is 14.9 Å². The Hall–Kier alpha value is -1.95. The fraction of sp³-hybridized carbons (Fsp3) is 0.500. The van der Waals surface area contributed by atoms with Crippen LogP contribution >= 0.6 is 0 Å². The Labute approximate surface area is 117 Å². The molecule has 108 valence electrons. The van der Waals surface area contributed by atoms with Crippen molar-refractivity contribution in [2.45, 2.75) is 25.9 Å². The fourth-order valence-corrected chi connectivity index (χ4v) is 2.53. The summed E-state index contributed by atoms with van der Waals surface area (Å²) in [7, 11) is 1.68. The lowest BCUT2D eigenvalue weighted by atomic mass is 9.82. The average Bonchev–Trinajstić information content (AvgIpc) is 2.35. The van der Waals surface area contributed by atoms with Crippen molar-refractivity contribution >= 4 is 11.6 Å². The van der Waals surface area contributed by atoms with Gasteiger partial charge in [-0.05, 0) is 37.3 Å². The molecule has 1 aliphatic carbocycles. The van der Waals surface area contributed by atoms with Crippen molar-refractivity contribution in [1.29, 1.82) is 0 Å². The molecule has 0 aliphatic heterocycles. The lowest BCUT2D eigenvalue weighted by molar-refractivity contribution is -0.384. The zero-order valence-electron chi connectivity index (χ0n) is 11.6. The molecule has 2 rings (SSSR count). The summed E-state index contributed by atoms with van der Waals surface area (Å²) < 4.78 is 0. The standard InChI is InChI=1S/C14H18N2O4/c1-9-3-11(7-12(4-9)16(19)20)14(18)15(2)8-10-5-13(17)6-10/h3-4,7,10,13,17H,5-6,8H2,1-2H3. The van der Waals surface area contributed by atoms with Crippen molar-refractivity contribution in [3.63, 3.8) is 0 Å². The summed E-state index contributed by atoms with van der Waals surface area (Å²) >= 11 is 0. The zero-order chi connectivity index (χ0) is 14.9. The van der Waals surface area contributed by atoms with Gasteiger partial charge in [0.2, 0.25) is 0 Å². The van der Waals surface area contributed by atoms with Crippen molar-refractivity contribution in [3.8, 4) is 0 Å².